The summed E-state index contributed by atoms with van der Waals surface area (Å²) in [5.74, 6) is 0.0503. The van der Waals surface area contributed by atoms with Gasteiger partial charge < -0.3 is 14.5 Å². The molecule has 2 fully saturated rings. The van der Waals surface area contributed by atoms with Crippen molar-refractivity contribution in [3.05, 3.63) is 89.1 Å². The first kappa shape index (κ1) is 29.1. The lowest BCUT2D eigenvalue weighted by atomic mass is 10.0. The van der Waals surface area contributed by atoms with Crippen LogP contribution in [-0.2, 0) is 11.3 Å². The van der Waals surface area contributed by atoms with E-state index in [1.54, 1.807) is 0 Å². The van der Waals surface area contributed by atoms with Gasteiger partial charge in [-0.05, 0) is 67.8 Å². The van der Waals surface area contributed by atoms with Crippen LogP contribution in [0.3, 0.4) is 0 Å². The van der Waals surface area contributed by atoms with Crippen molar-refractivity contribution in [1.29, 1.82) is 0 Å². The fourth-order valence-corrected chi connectivity index (χ4v) is 6.41. The van der Waals surface area contributed by atoms with Crippen molar-refractivity contribution in [3.63, 3.8) is 0 Å². The number of amides is 1. The normalized spacial score (nSPS) is 16.5. The highest BCUT2D eigenvalue weighted by Crippen LogP contribution is 2.29. The van der Waals surface area contributed by atoms with E-state index in [-0.39, 0.29) is 17.6 Å². The Balaban J connectivity index is 1.13. The average Bonchev–Trinajstić information content (AvgIpc) is 3.35. The molecule has 0 spiro atoms. The van der Waals surface area contributed by atoms with Crippen LogP contribution in [0, 0.1) is 0 Å². The monoisotopic (exact) mass is 582 g/mol. The van der Waals surface area contributed by atoms with Crippen molar-refractivity contribution in [2.45, 2.75) is 45.2 Å². The SMILES string of the molecule is CCCCN(c1ccncc1)c1ccc(C(=O)N2CCC(n3c(=O)n(CCN4CCOCC4)c4ccccc43)CC2)cc1. The predicted molar refractivity (Wildman–Crippen MR) is 170 cm³/mol. The Morgan fingerprint density at radius 1 is 0.884 bits per heavy atom. The minimum absolute atomic E-state index is 0.0503. The summed E-state index contributed by atoms with van der Waals surface area (Å²) in [4.78, 5) is 38.0. The Morgan fingerprint density at radius 2 is 1.56 bits per heavy atom. The first-order valence-corrected chi connectivity index (χ1v) is 15.7. The average molecular weight is 583 g/mol. The number of carbonyl (C=O) groups is 1. The minimum atomic E-state index is 0.0503. The summed E-state index contributed by atoms with van der Waals surface area (Å²) >= 11 is 0. The number of pyridine rings is 1. The second kappa shape index (κ2) is 13.6. The largest absolute Gasteiger partial charge is 0.379 e. The number of likely N-dealkylation sites (tertiary alicyclic amines) is 1. The van der Waals surface area contributed by atoms with Gasteiger partial charge in [0, 0.05) is 81.2 Å². The lowest BCUT2D eigenvalue weighted by molar-refractivity contribution is 0.0364. The van der Waals surface area contributed by atoms with E-state index in [0.29, 0.717) is 25.2 Å². The second-order valence-electron chi connectivity index (χ2n) is 11.5. The Morgan fingerprint density at radius 3 is 2.26 bits per heavy atom. The maximum atomic E-state index is 13.7. The molecule has 1 amide bonds. The lowest BCUT2D eigenvalue weighted by Gasteiger charge is -2.33. The number of anilines is 2. The number of nitrogens with zero attached hydrogens (tertiary/aromatic N) is 6. The lowest BCUT2D eigenvalue weighted by Crippen LogP contribution is -2.42. The van der Waals surface area contributed by atoms with Crippen LogP contribution < -0.4 is 10.6 Å². The van der Waals surface area contributed by atoms with Crippen molar-refractivity contribution < 1.29 is 9.53 Å². The van der Waals surface area contributed by atoms with Gasteiger partial charge in [-0.1, -0.05) is 25.5 Å². The van der Waals surface area contributed by atoms with Crippen LogP contribution in [0.5, 0.6) is 0 Å². The molecule has 2 aromatic heterocycles. The molecule has 226 valence electrons. The Kier molecular flexibility index (Phi) is 9.19. The van der Waals surface area contributed by atoms with Gasteiger partial charge in [0.2, 0.25) is 0 Å². The van der Waals surface area contributed by atoms with Crippen LogP contribution in [-0.4, -0.2) is 82.3 Å². The van der Waals surface area contributed by atoms with E-state index in [9.17, 15) is 9.59 Å². The molecular formula is C34H42N6O3. The van der Waals surface area contributed by atoms with Crippen LogP contribution >= 0.6 is 0 Å². The molecule has 2 aliphatic rings. The van der Waals surface area contributed by atoms with Crippen LogP contribution in [0.25, 0.3) is 11.0 Å². The number of fused-ring (bicyclic) bond motifs is 1. The summed E-state index contributed by atoms with van der Waals surface area (Å²) < 4.78 is 9.39. The van der Waals surface area contributed by atoms with Crippen molar-refractivity contribution in [2.75, 3.05) is 57.4 Å². The highest BCUT2D eigenvalue weighted by Gasteiger charge is 2.28. The zero-order valence-electron chi connectivity index (χ0n) is 25.1. The molecule has 0 saturated carbocycles. The van der Waals surface area contributed by atoms with Gasteiger partial charge in [0.1, 0.15) is 0 Å². The number of benzene rings is 2. The summed E-state index contributed by atoms with van der Waals surface area (Å²) in [7, 11) is 0. The molecule has 2 saturated heterocycles. The highest BCUT2D eigenvalue weighted by atomic mass is 16.5. The molecule has 0 bridgehead atoms. The highest BCUT2D eigenvalue weighted by molar-refractivity contribution is 5.94. The number of morpholine rings is 1. The van der Waals surface area contributed by atoms with E-state index in [1.165, 1.54) is 0 Å². The molecule has 0 unspecified atom stereocenters. The number of unbranched alkanes of at least 4 members (excludes halogenated alkanes) is 1. The molecule has 43 heavy (non-hydrogen) atoms. The third-order valence-corrected chi connectivity index (χ3v) is 8.87. The minimum Gasteiger partial charge on any atom is -0.379 e. The zero-order valence-corrected chi connectivity index (χ0v) is 25.1. The summed E-state index contributed by atoms with van der Waals surface area (Å²) in [6.45, 7) is 9.17. The van der Waals surface area contributed by atoms with E-state index in [1.807, 2.05) is 81.0 Å². The number of hydrogen-bond donors (Lipinski definition) is 0. The smallest absolute Gasteiger partial charge is 0.329 e. The topological polar surface area (TPSA) is 75.8 Å². The molecule has 4 aromatic rings. The molecule has 2 aromatic carbocycles. The van der Waals surface area contributed by atoms with E-state index >= 15 is 0 Å². The summed E-state index contributed by atoms with van der Waals surface area (Å²) in [5, 5.41) is 0. The first-order valence-electron chi connectivity index (χ1n) is 15.7. The van der Waals surface area contributed by atoms with Gasteiger partial charge in [0.05, 0.1) is 24.2 Å². The number of imidazole rings is 1. The Bertz CT molecular complexity index is 1550. The number of para-hydroxylation sites is 2. The zero-order chi connectivity index (χ0) is 29.6. The number of carbonyl (C=O) groups excluding carboxylic acids is 1. The van der Waals surface area contributed by atoms with Gasteiger partial charge >= 0.3 is 5.69 Å². The fraction of sp³-hybridized carbons (Fsp3) is 0.441. The van der Waals surface area contributed by atoms with Gasteiger partial charge in [-0.2, -0.15) is 0 Å². The van der Waals surface area contributed by atoms with E-state index < -0.39 is 0 Å². The third-order valence-electron chi connectivity index (χ3n) is 8.87. The van der Waals surface area contributed by atoms with Crippen LogP contribution in [0.4, 0.5) is 11.4 Å². The van der Waals surface area contributed by atoms with Crippen LogP contribution in [0.2, 0.25) is 0 Å². The van der Waals surface area contributed by atoms with Gasteiger partial charge in [0.15, 0.2) is 0 Å². The fourth-order valence-electron chi connectivity index (χ4n) is 6.41. The number of ether oxygens (including phenoxy) is 1. The van der Waals surface area contributed by atoms with Crippen LogP contribution in [0.1, 0.15) is 49.0 Å². The number of aromatic nitrogens is 3. The summed E-state index contributed by atoms with van der Waals surface area (Å²) in [6.07, 6.45) is 7.32. The van der Waals surface area contributed by atoms with Gasteiger partial charge in [-0.25, -0.2) is 4.79 Å². The molecule has 9 nitrogen and oxygen atoms in total. The molecule has 0 atom stereocenters. The molecule has 0 radical (unpaired) electrons. The second-order valence-corrected chi connectivity index (χ2v) is 11.5. The van der Waals surface area contributed by atoms with E-state index in [2.05, 4.69) is 27.8 Å². The number of hydrogen-bond acceptors (Lipinski definition) is 6. The molecule has 0 N–H and O–H groups in total. The quantitative estimate of drug-likeness (QED) is 0.264. The van der Waals surface area contributed by atoms with Gasteiger partial charge in [-0.15, -0.1) is 0 Å². The van der Waals surface area contributed by atoms with E-state index in [4.69, 9.17) is 4.74 Å². The third kappa shape index (κ3) is 6.38. The Hall–Kier alpha value is -3.95. The van der Waals surface area contributed by atoms with Crippen LogP contribution in [0.15, 0.2) is 77.9 Å². The molecule has 0 aliphatic carbocycles. The standard InChI is InChI=1S/C34H42N6O3/c1-2-3-18-38(29-12-16-35-17-13-29)28-10-8-27(9-11-28)33(41)37-19-14-30(15-20-37)40-32-7-5-4-6-31(32)39(34(40)42)22-21-36-23-25-43-26-24-36/h4-13,16-17,30H,2-3,14-15,18-26H2,1H3. The number of rotatable bonds is 10. The summed E-state index contributed by atoms with van der Waals surface area (Å²) in [6, 6.07) is 20.2. The van der Waals surface area contributed by atoms with Gasteiger partial charge in [-0.3, -0.25) is 23.8 Å². The maximum absolute atomic E-state index is 13.7. The van der Waals surface area contributed by atoms with Gasteiger partial charge in [0.25, 0.3) is 5.91 Å². The van der Waals surface area contributed by atoms with Crippen molar-refractivity contribution in [1.82, 2.24) is 23.9 Å². The maximum Gasteiger partial charge on any atom is 0.329 e. The van der Waals surface area contributed by atoms with Crippen molar-refractivity contribution >= 4 is 28.3 Å². The molecular weight excluding hydrogens is 540 g/mol. The van der Waals surface area contributed by atoms with E-state index in [0.717, 1.165) is 87.5 Å². The van der Waals surface area contributed by atoms with Crippen molar-refractivity contribution in [2.24, 2.45) is 0 Å². The number of piperidine rings is 1. The molecule has 4 heterocycles. The van der Waals surface area contributed by atoms with Crippen molar-refractivity contribution in [3.8, 4) is 0 Å². The summed E-state index contributed by atoms with van der Waals surface area (Å²) in [5.41, 5.74) is 4.89. The molecule has 9 heteroatoms. The predicted octanol–water partition coefficient (Wildman–Crippen LogP) is 4.95. The molecule has 6 rings (SSSR count). The molecule has 2 aliphatic heterocycles. The Labute approximate surface area is 253 Å². The first-order chi connectivity index (χ1) is 21.1.